The van der Waals surface area contributed by atoms with Crippen LogP contribution >= 0.6 is 0 Å². The second-order valence-corrected chi connectivity index (χ2v) is 4.19. The lowest BCUT2D eigenvalue weighted by Crippen LogP contribution is -2.19. The first-order chi connectivity index (χ1) is 8.90. The Bertz CT molecular complexity index is 368. The van der Waals surface area contributed by atoms with Crippen LogP contribution in [0.2, 0.25) is 0 Å². The standard InChI is InChI=1S/C14H21NO3/c1-2-15-6-8-16-7-5-12-3-4-13-14(11-12)18-10-9-17-13/h3-4,11,15H,2,5-10H2,1H3. The van der Waals surface area contributed by atoms with E-state index in [1.807, 2.05) is 12.1 Å². The number of hydrogen-bond acceptors (Lipinski definition) is 4. The van der Waals surface area contributed by atoms with Gasteiger partial charge in [0.15, 0.2) is 11.5 Å². The van der Waals surface area contributed by atoms with Crippen molar-refractivity contribution in [1.82, 2.24) is 5.32 Å². The first-order valence-electron chi connectivity index (χ1n) is 6.57. The summed E-state index contributed by atoms with van der Waals surface area (Å²) in [6, 6.07) is 6.09. The molecule has 4 nitrogen and oxygen atoms in total. The van der Waals surface area contributed by atoms with Crippen molar-refractivity contribution in [2.75, 3.05) is 39.5 Å². The fourth-order valence-corrected chi connectivity index (χ4v) is 1.86. The molecule has 0 saturated carbocycles. The van der Waals surface area contributed by atoms with Crippen molar-refractivity contribution >= 4 is 0 Å². The molecule has 100 valence electrons. The van der Waals surface area contributed by atoms with Gasteiger partial charge in [-0.1, -0.05) is 13.0 Å². The molecule has 1 aromatic rings. The van der Waals surface area contributed by atoms with Crippen molar-refractivity contribution < 1.29 is 14.2 Å². The van der Waals surface area contributed by atoms with Gasteiger partial charge in [0.2, 0.25) is 0 Å². The summed E-state index contributed by atoms with van der Waals surface area (Å²) in [5, 5.41) is 3.23. The predicted octanol–water partition coefficient (Wildman–Crippen LogP) is 1.63. The zero-order valence-corrected chi connectivity index (χ0v) is 10.9. The average Bonchev–Trinajstić information content (AvgIpc) is 2.42. The van der Waals surface area contributed by atoms with Gasteiger partial charge in [0.05, 0.1) is 13.2 Å². The van der Waals surface area contributed by atoms with E-state index in [4.69, 9.17) is 14.2 Å². The largest absolute Gasteiger partial charge is 0.486 e. The Morgan fingerprint density at radius 3 is 2.83 bits per heavy atom. The molecule has 1 aliphatic heterocycles. The van der Waals surface area contributed by atoms with E-state index in [9.17, 15) is 0 Å². The number of ether oxygens (including phenoxy) is 3. The van der Waals surface area contributed by atoms with E-state index >= 15 is 0 Å². The lowest BCUT2D eigenvalue weighted by Gasteiger charge is -2.18. The molecule has 1 N–H and O–H groups in total. The summed E-state index contributed by atoms with van der Waals surface area (Å²) >= 11 is 0. The number of likely N-dealkylation sites (N-methyl/N-ethyl adjacent to an activating group) is 1. The van der Waals surface area contributed by atoms with Crippen LogP contribution < -0.4 is 14.8 Å². The Labute approximate surface area is 108 Å². The minimum absolute atomic E-state index is 0.635. The molecule has 18 heavy (non-hydrogen) atoms. The second-order valence-electron chi connectivity index (χ2n) is 4.19. The number of rotatable bonds is 7. The van der Waals surface area contributed by atoms with Crippen LogP contribution in [0.3, 0.4) is 0 Å². The third-order valence-electron chi connectivity index (χ3n) is 2.81. The molecule has 0 radical (unpaired) electrons. The van der Waals surface area contributed by atoms with Crippen LogP contribution in [0.4, 0.5) is 0 Å². The van der Waals surface area contributed by atoms with E-state index in [2.05, 4.69) is 18.3 Å². The Morgan fingerprint density at radius 2 is 2.00 bits per heavy atom. The fraction of sp³-hybridized carbons (Fsp3) is 0.571. The quantitative estimate of drug-likeness (QED) is 0.748. The number of benzene rings is 1. The SMILES string of the molecule is CCNCCOCCc1ccc2c(c1)OCCO2. The maximum atomic E-state index is 5.55. The van der Waals surface area contributed by atoms with E-state index < -0.39 is 0 Å². The van der Waals surface area contributed by atoms with E-state index in [0.717, 1.165) is 44.2 Å². The third kappa shape index (κ3) is 3.89. The highest BCUT2D eigenvalue weighted by Crippen LogP contribution is 2.30. The molecular formula is C14H21NO3. The summed E-state index contributed by atoms with van der Waals surface area (Å²) < 4.78 is 16.6. The van der Waals surface area contributed by atoms with Crippen LogP contribution in [-0.4, -0.2) is 39.5 Å². The smallest absolute Gasteiger partial charge is 0.161 e. The van der Waals surface area contributed by atoms with E-state index in [0.29, 0.717) is 13.2 Å². The fourth-order valence-electron chi connectivity index (χ4n) is 1.86. The lowest BCUT2D eigenvalue weighted by atomic mass is 10.1. The molecule has 1 heterocycles. The number of hydrogen-bond donors (Lipinski definition) is 1. The summed E-state index contributed by atoms with van der Waals surface area (Å²) in [6.45, 7) is 6.78. The molecule has 0 unspecified atom stereocenters. The molecule has 0 saturated heterocycles. The molecule has 4 heteroatoms. The zero-order chi connectivity index (χ0) is 12.6. The van der Waals surface area contributed by atoms with Crippen LogP contribution in [0.5, 0.6) is 11.5 Å². The Balaban J connectivity index is 1.72. The van der Waals surface area contributed by atoms with Gasteiger partial charge in [-0.05, 0) is 30.7 Å². The monoisotopic (exact) mass is 251 g/mol. The van der Waals surface area contributed by atoms with Gasteiger partial charge in [0.1, 0.15) is 13.2 Å². The highest BCUT2D eigenvalue weighted by Gasteiger charge is 2.11. The normalized spacial score (nSPS) is 13.6. The van der Waals surface area contributed by atoms with Gasteiger partial charge in [0, 0.05) is 6.54 Å². The summed E-state index contributed by atoms with van der Waals surface area (Å²) in [4.78, 5) is 0. The summed E-state index contributed by atoms with van der Waals surface area (Å²) in [5.41, 5.74) is 1.22. The van der Waals surface area contributed by atoms with Crippen molar-refractivity contribution in [2.45, 2.75) is 13.3 Å². The molecule has 0 aromatic heterocycles. The molecule has 0 spiro atoms. The van der Waals surface area contributed by atoms with E-state index in [1.54, 1.807) is 0 Å². The Hall–Kier alpha value is -1.26. The molecular weight excluding hydrogens is 230 g/mol. The highest BCUT2D eigenvalue weighted by molar-refractivity contribution is 5.43. The average molecular weight is 251 g/mol. The van der Waals surface area contributed by atoms with Crippen LogP contribution in [0, 0.1) is 0 Å². The maximum Gasteiger partial charge on any atom is 0.161 e. The van der Waals surface area contributed by atoms with Gasteiger partial charge in [-0.25, -0.2) is 0 Å². The molecule has 0 amide bonds. The van der Waals surface area contributed by atoms with Gasteiger partial charge < -0.3 is 19.5 Å². The predicted molar refractivity (Wildman–Crippen MR) is 70.5 cm³/mol. The molecule has 0 fully saturated rings. The minimum Gasteiger partial charge on any atom is -0.486 e. The molecule has 1 aromatic carbocycles. The van der Waals surface area contributed by atoms with Crippen molar-refractivity contribution in [3.63, 3.8) is 0 Å². The van der Waals surface area contributed by atoms with E-state index in [-0.39, 0.29) is 0 Å². The molecule has 1 aliphatic rings. The summed E-state index contributed by atoms with van der Waals surface area (Å²) in [6.07, 6.45) is 0.906. The van der Waals surface area contributed by atoms with Crippen molar-refractivity contribution in [3.05, 3.63) is 23.8 Å². The lowest BCUT2D eigenvalue weighted by molar-refractivity contribution is 0.139. The number of nitrogens with one attached hydrogen (secondary N) is 1. The van der Waals surface area contributed by atoms with E-state index in [1.165, 1.54) is 5.56 Å². The van der Waals surface area contributed by atoms with Crippen LogP contribution in [-0.2, 0) is 11.2 Å². The van der Waals surface area contributed by atoms with Crippen LogP contribution in [0.25, 0.3) is 0 Å². The molecule has 0 aliphatic carbocycles. The topological polar surface area (TPSA) is 39.7 Å². The second kappa shape index (κ2) is 7.24. The first kappa shape index (κ1) is 13.2. The van der Waals surface area contributed by atoms with Gasteiger partial charge >= 0.3 is 0 Å². The zero-order valence-electron chi connectivity index (χ0n) is 10.9. The van der Waals surface area contributed by atoms with Crippen molar-refractivity contribution in [2.24, 2.45) is 0 Å². The van der Waals surface area contributed by atoms with Crippen molar-refractivity contribution in [3.8, 4) is 11.5 Å². The first-order valence-corrected chi connectivity index (χ1v) is 6.57. The summed E-state index contributed by atoms with van der Waals surface area (Å²) in [7, 11) is 0. The molecule has 2 rings (SSSR count). The maximum absolute atomic E-state index is 5.55. The van der Waals surface area contributed by atoms with Crippen molar-refractivity contribution in [1.29, 1.82) is 0 Å². The van der Waals surface area contributed by atoms with Gasteiger partial charge in [-0.2, -0.15) is 0 Å². The summed E-state index contributed by atoms with van der Waals surface area (Å²) in [5.74, 6) is 1.70. The minimum atomic E-state index is 0.635. The molecule has 0 bridgehead atoms. The highest BCUT2D eigenvalue weighted by atomic mass is 16.6. The van der Waals surface area contributed by atoms with Gasteiger partial charge in [0.25, 0.3) is 0 Å². The van der Waals surface area contributed by atoms with Crippen LogP contribution in [0.1, 0.15) is 12.5 Å². The van der Waals surface area contributed by atoms with Gasteiger partial charge in [-0.15, -0.1) is 0 Å². The third-order valence-corrected chi connectivity index (χ3v) is 2.81. The molecule has 0 atom stereocenters. The Kier molecular flexibility index (Phi) is 5.30. The van der Waals surface area contributed by atoms with Gasteiger partial charge in [-0.3, -0.25) is 0 Å². The van der Waals surface area contributed by atoms with Crippen LogP contribution in [0.15, 0.2) is 18.2 Å². The number of fused-ring (bicyclic) bond motifs is 1. The Morgan fingerprint density at radius 1 is 1.17 bits per heavy atom.